The highest BCUT2D eigenvalue weighted by Gasteiger charge is 2.30. The van der Waals surface area contributed by atoms with Gasteiger partial charge in [-0.1, -0.05) is 121 Å². The largest absolute Gasteiger partial charge is 0.454 e. The Bertz CT molecular complexity index is 1690. The summed E-state index contributed by atoms with van der Waals surface area (Å²) in [5.74, 6) is 3.07. The molecule has 2 heterocycles. The summed E-state index contributed by atoms with van der Waals surface area (Å²) in [7, 11) is -1.89. The lowest BCUT2D eigenvalue weighted by atomic mass is 10.0. The third-order valence-corrected chi connectivity index (χ3v) is 12.8. The molecule has 44 heavy (non-hydrogen) atoms. The van der Waals surface area contributed by atoms with Crippen LogP contribution in [0.25, 0.3) is 11.1 Å². The molecule has 0 spiro atoms. The van der Waals surface area contributed by atoms with Gasteiger partial charge in [0.25, 0.3) is 0 Å². The smallest absolute Gasteiger partial charge is 0.231 e. The molecule has 0 aromatic heterocycles. The molecule has 6 heteroatoms. The lowest BCUT2D eigenvalue weighted by Crippen LogP contribution is -2.25. The summed E-state index contributed by atoms with van der Waals surface area (Å²) in [5, 5.41) is 7.48. The Hall–Kier alpha value is -4.62. The van der Waals surface area contributed by atoms with Crippen molar-refractivity contribution in [3.05, 3.63) is 146 Å². The lowest BCUT2D eigenvalue weighted by Gasteiger charge is -2.27. The second-order valence-corrected chi connectivity index (χ2v) is 14.8. The number of benzene rings is 6. The quantitative estimate of drug-likeness (QED) is 0.198. The van der Waals surface area contributed by atoms with E-state index in [0.29, 0.717) is 0 Å². The van der Waals surface area contributed by atoms with E-state index >= 15 is 0 Å². The highest BCUT2D eigenvalue weighted by molar-refractivity contribution is 7.80. The molecule has 0 aliphatic carbocycles. The predicted octanol–water partition coefficient (Wildman–Crippen LogP) is 6.33. The Morgan fingerprint density at radius 1 is 0.341 bits per heavy atom. The van der Waals surface area contributed by atoms with E-state index in [0.717, 1.165) is 34.1 Å². The molecule has 6 aromatic carbocycles. The molecule has 2 aliphatic heterocycles. The molecule has 0 saturated heterocycles. The maximum atomic E-state index is 6.00. The lowest BCUT2D eigenvalue weighted by molar-refractivity contribution is 0.173. The second kappa shape index (κ2) is 11.8. The van der Waals surface area contributed by atoms with Gasteiger partial charge in [0, 0.05) is 0 Å². The van der Waals surface area contributed by atoms with Gasteiger partial charge in [-0.2, -0.15) is 0 Å². The fourth-order valence-corrected chi connectivity index (χ4v) is 10.8. The van der Waals surface area contributed by atoms with Gasteiger partial charge in [0.15, 0.2) is 23.0 Å². The first kappa shape index (κ1) is 27.0. The fraction of sp³-hybridized carbons (Fsp3) is 0.0526. The van der Waals surface area contributed by atoms with Crippen LogP contribution in [0.2, 0.25) is 0 Å². The van der Waals surface area contributed by atoms with Gasteiger partial charge in [-0.3, -0.25) is 0 Å². The third-order valence-electron chi connectivity index (χ3n) is 7.81. The van der Waals surface area contributed by atoms with Crippen molar-refractivity contribution < 1.29 is 18.9 Å². The topological polar surface area (TPSA) is 36.9 Å². The van der Waals surface area contributed by atoms with Crippen LogP contribution in [0.4, 0.5) is 0 Å². The Morgan fingerprint density at radius 2 is 0.614 bits per heavy atom. The van der Waals surface area contributed by atoms with Crippen molar-refractivity contribution in [2.45, 2.75) is 0 Å². The van der Waals surface area contributed by atoms with Gasteiger partial charge >= 0.3 is 0 Å². The minimum absolute atomic E-state index is 0.210. The minimum atomic E-state index is -0.943. The number of rotatable bonds is 7. The third kappa shape index (κ3) is 5.01. The van der Waals surface area contributed by atoms with Gasteiger partial charge in [0.1, 0.15) is 0 Å². The van der Waals surface area contributed by atoms with Crippen molar-refractivity contribution in [2.24, 2.45) is 0 Å². The van der Waals surface area contributed by atoms with Crippen molar-refractivity contribution in [1.82, 2.24) is 0 Å². The first-order valence-electron chi connectivity index (χ1n) is 14.5. The van der Waals surface area contributed by atoms with Crippen LogP contribution >= 0.6 is 15.8 Å². The summed E-state index contributed by atoms with van der Waals surface area (Å²) in [4.78, 5) is 0. The summed E-state index contributed by atoms with van der Waals surface area (Å²) in [6, 6.07) is 51.9. The molecule has 4 nitrogen and oxygen atoms in total. The first-order chi connectivity index (χ1) is 21.8. The summed E-state index contributed by atoms with van der Waals surface area (Å²) in [5.41, 5.74) is 2.22. The van der Waals surface area contributed by atoms with Gasteiger partial charge < -0.3 is 18.9 Å². The van der Waals surface area contributed by atoms with Crippen molar-refractivity contribution in [2.75, 3.05) is 13.6 Å². The van der Waals surface area contributed by atoms with Gasteiger partial charge in [-0.15, -0.1) is 0 Å². The Morgan fingerprint density at radius 3 is 0.909 bits per heavy atom. The van der Waals surface area contributed by atoms with Crippen LogP contribution in [0.1, 0.15) is 0 Å². The fourth-order valence-electron chi connectivity index (χ4n) is 5.83. The van der Waals surface area contributed by atoms with E-state index in [2.05, 4.69) is 146 Å². The molecule has 0 amide bonds. The Labute approximate surface area is 259 Å². The van der Waals surface area contributed by atoms with Crippen LogP contribution < -0.4 is 50.8 Å². The molecule has 0 fully saturated rings. The number of fused-ring (bicyclic) bond motifs is 2. The van der Waals surface area contributed by atoms with Gasteiger partial charge in [0.2, 0.25) is 13.6 Å². The molecule has 0 bridgehead atoms. The molecule has 0 atom stereocenters. The van der Waals surface area contributed by atoms with Gasteiger partial charge in [-0.25, -0.2) is 0 Å². The average molecular weight is 611 g/mol. The first-order valence-corrected chi connectivity index (χ1v) is 17.2. The zero-order valence-corrected chi connectivity index (χ0v) is 25.6. The van der Waals surface area contributed by atoms with E-state index < -0.39 is 15.8 Å². The maximum absolute atomic E-state index is 6.00. The van der Waals surface area contributed by atoms with Crippen LogP contribution in [-0.2, 0) is 0 Å². The molecule has 6 aromatic rings. The summed E-state index contributed by atoms with van der Waals surface area (Å²) >= 11 is 0. The van der Waals surface area contributed by atoms with Crippen LogP contribution in [0.3, 0.4) is 0 Å². The maximum Gasteiger partial charge on any atom is 0.231 e. The molecular formula is C38H28O4P2. The highest BCUT2D eigenvalue weighted by atomic mass is 31.1. The van der Waals surface area contributed by atoms with Crippen molar-refractivity contribution in [3.63, 3.8) is 0 Å². The monoisotopic (exact) mass is 610 g/mol. The van der Waals surface area contributed by atoms with E-state index in [9.17, 15) is 0 Å². The summed E-state index contributed by atoms with van der Waals surface area (Å²) in [6.07, 6.45) is 0. The molecular weight excluding hydrogens is 582 g/mol. The van der Waals surface area contributed by atoms with Crippen LogP contribution in [0.15, 0.2) is 146 Å². The molecule has 0 saturated carbocycles. The Balaban J connectivity index is 1.43. The molecule has 0 unspecified atom stereocenters. The van der Waals surface area contributed by atoms with Gasteiger partial charge in [-0.05, 0) is 83.1 Å². The Kier molecular flexibility index (Phi) is 7.24. The number of hydrogen-bond donors (Lipinski definition) is 0. The van der Waals surface area contributed by atoms with E-state index in [1.807, 2.05) is 0 Å². The van der Waals surface area contributed by atoms with E-state index in [4.69, 9.17) is 18.9 Å². The predicted molar refractivity (Wildman–Crippen MR) is 182 cm³/mol. The van der Waals surface area contributed by atoms with E-state index in [-0.39, 0.29) is 13.6 Å². The molecule has 8 rings (SSSR count). The molecule has 0 radical (unpaired) electrons. The normalized spacial score (nSPS) is 13.0. The van der Waals surface area contributed by atoms with E-state index in [1.165, 1.54) is 31.8 Å². The van der Waals surface area contributed by atoms with Crippen molar-refractivity contribution in [1.29, 1.82) is 0 Å². The van der Waals surface area contributed by atoms with Gasteiger partial charge in [0.05, 0.1) is 0 Å². The van der Waals surface area contributed by atoms with Crippen molar-refractivity contribution in [3.8, 4) is 34.1 Å². The SMILES string of the molecule is c1ccc(P(c2ccccc2)c2cc3c(cc2-c2cc4c(cc2P(c2ccccc2)c2ccccc2)OCO4)OCO3)cc1. The van der Waals surface area contributed by atoms with Crippen molar-refractivity contribution >= 4 is 47.7 Å². The second-order valence-electron chi connectivity index (χ2n) is 10.5. The zero-order valence-electron chi connectivity index (χ0n) is 23.8. The van der Waals surface area contributed by atoms with Crippen LogP contribution in [0, 0.1) is 0 Å². The molecule has 214 valence electrons. The number of ether oxygens (including phenoxy) is 4. The summed E-state index contributed by atoms with van der Waals surface area (Å²) < 4.78 is 24.0. The molecule has 2 aliphatic rings. The minimum Gasteiger partial charge on any atom is -0.454 e. The van der Waals surface area contributed by atoms with E-state index in [1.54, 1.807) is 0 Å². The van der Waals surface area contributed by atoms with Crippen LogP contribution in [0.5, 0.6) is 23.0 Å². The number of hydrogen-bond acceptors (Lipinski definition) is 4. The standard InChI is InChI=1S/C38H28O4P2/c1-5-13-27(14-6-1)43(28-15-7-2-8-16-28)37-23-35-33(39-25-41-35)21-31(37)32-22-34-36(42-26-40-34)24-38(32)44(29-17-9-3-10-18-29)30-19-11-4-12-20-30/h1-24H,25-26H2. The molecule has 0 N–H and O–H groups in total. The zero-order chi connectivity index (χ0) is 29.3. The summed E-state index contributed by atoms with van der Waals surface area (Å²) in [6.45, 7) is 0.420. The van der Waals surface area contributed by atoms with Crippen LogP contribution in [-0.4, -0.2) is 13.6 Å². The average Bonchev–Trinajstić information content (AvgIpc) is 3.75. The highest BCUT2D eigenvalue weighted by Crippen LogP contribution is 2.48.